The third-order valence-electron chi connectivity index (χ3n) is 3.23. The summed E-state index contributed by atoms with van der Waals surface area (Å²) in [6, 6.07) is 0. The van der Waals surface area contributed by atoms with E-state index in [1.807, 2.05) is 7.05 Å². The highest BCUT2D eigenvalue weighted by molar-refractivity contribution is 5.17. The van der Waals surface area contributed by atoms with Crippen molar-refractivity contribution in [1.29, 1.82) is 0 Å². The Morgan fingerprint density at radius 3 is 3.06 bits per heavy atom. The molecule has 1 saturated heterocycles. The van der Waals surface area contributed by atoms with Gasteiger partial charge in [0.1, 0.15) is 5.69 Å². The highest BCUT2D eigenvalue weighted by atomic mass is 16.5. The summed E-state index contributed by atoms with van der Waals surface area (Å²) < 4.78 is 7.56. The molecule has 1 aromatic heterocycles. The van der Waals surface area contributed by atoms with Gasteiger partial charge >= 0.3 is 0 Å². The number of nitrogens with one attached hydrogen (secondary N) is 1. The highest BCUT2D eigenvalue weighted by Gasteiger charge is 2.25. The second-order valence-corrected chi connectivity index (χ2v) is 4.59. The fourth-order valence-corrected chi connectivity index (χ4v) is 2.32. The first-order valence-corrected chi connectivity index (χ1v) is 6.51. The first-order chi connectivity index (χ1) is 8.36. The zero-order valence-corrected chi connectivity index (χ0v) is 10.8. The summed E-state index contributed by atoms with van der Waals surface area (Å²) in [5.74, 6) is 0.477. The Hall–Kier alpha value is -0.940. The van der Waals surface area contributed by atoms with E-state index in [-0.39, 0.29) is 0 Å². The fraction of sp³-hybridized carbons (Fsp3) is 0.833. The molecule has 0 saturated carbocycles. The quantitative estimate of drug-likeness (QED) is 0.811. The Kier molecular flexibility index (Phi) is 4.50. The maximum atomic E-state index is 5.48. The summed E-state index contributed by atoms with van der Waals surface area (Å²) in [6.45, 7) is 5.64. The second kappa shape index (κ2) is 6.12. The van der Waals surface area contributed by atoms with Gasteiger partial charge in [-0.1, -0.05) is 18.6 Å². The Morgan fingerprint density at radius 2 is 2.41 bits per heavy atom. The molecule has 0 spiro atoms. The summed E-state index contributed by atoms with van der Waals surface area (Å²) in [7, 11) is 1.94. The van der Waals surface area contributed by atoms with Crippen LogP contribution in [0.2, 0.25) is 0 Å². The van der Waals surface area contributed by atoms with E-state index >= 15 is 0 Å². The molecule has 1 N–H and O–H groups in total. The third kappa shape index (κ3) is 2.84. The van der Waals surface area contributed by atoms with Crippen LogP contribution in [0.4, 0.5) is 0 Å². The summed E-state index contributed by atoms with van der Waals surface area (Å²) in [5.41, 5.74) is 2.37. The molecule has 5 nitrogen and oxygen atoms in total. The van der Waals surface area contributed by atoms with E-state index in [1.165, 1.54) is 12.1 Å². The molecule has 2 heterocycles. The number of hydrogen-bond acceptors (Lipinski definition) is 4. The first-order valence-electron chi connectivity index (χ1n) is 6.51. The van der Waals surface area contributed by atoms with Gasteiger partial charge in [-0.05, 0) is 19.9 Å². The predicted octanol–water partition coefficient (Wildman–Crippen LogP) is 1.30. The molecular formula is C12H22N4O. The molecule has 1 atom stereocenters. The van der Waals surface area contributed by atoms with Crippen molar-refractivity contribution >= 4 is 0 Å². The van der Waals surface area contributed by atoms with Crippen molar-refractivity contribution in [2.45, 2.75) is 45.2 Å². The van der Waals surface area contributed by atoms with E-state index in [4.69, 9.17) is 4.74 Å². The molecule has 17 heavy (non-hydrogen) atoms. The summed E-state index contributed by atoms with van der Waals surface area (Å²) in [5, 5.41) is 11.7. The standard InChI is InChI=1S/C12H22N4O/c1-3-4-6-16-12(10-5-7-17-9-10)11(8-13-2)14-15-16/h10,13H,3-9H2,1-2H3. The molecule has 1 aliphatic rings. The van der Waals surface area contributed by atoms with Gasteiger partial charge in [0.2, 0.25) is 0 Å². The molecule has 0 amide bonds. The van der Waals surface area contributed by atoms with Gasteiger partial charge in [-0.2, -0.15) is 0 Å². The first kappa shape index (κ1) is 12.5. The van der Waals surface area contributed by atoms with Crippen LogP contribution in [0.25, 0.3) is 0 Å². The lowest BCUT2D eigenvalue weighted by molar-refractivity contribution is 0.193. The smallest absolute Gasteiger partial charge is 0.100 e. The van der Waals surface area contributed by atoms with Crippen molar-refractivity contribution in [3.63, 3.8) is 0 Å². The van der Waals surface area contributed by atoms with Crippen molar-refractivity contribution in [2.24, 2.45) is 0 Å². The van der Waals surface area contributed by atoms with Gasteiger partial charge in [-0.15, -0.1) is 5.10 Å². The predicted molar refractivity (Wildman–Crippen MR) is 65.9 cm³/mol. The minimum Gasteiger partial charge on any atom is -0.381 e. The molecule has 0 aliphatic carbocycles. The van der Waals surface area contributed by atoms with E-state index in [0.29, 0.717) is 5.92 Å². The zero-order valence-electron chi connectivity index (χ0n) is 10.8. The van der Waals surface area contributed by atoms with Crippen molar-refractivity contribution < 1.29 is 4.74 Å². The zero-order chi connectivity index (χ0) is 12.1. The molecule has 0 bridgehead atoms. The van der Waals surface area contributed by atoms with Crippen molar-refractivity contribution in [1.82, 2.24) is 20.3 Å². The molecule has 0 radical (unpaired) electrons. The number of aromatic nitrogens is 3. The van der Waals surface area contributed by atoms with Gasteiger partial charge in [0.25, 0.3) is 0 Å². The number of unbranched alkanes of at least 4 members (excludes halogenated alkanes) is 1. The summed E-state index contributed by atoms with van der Waals surface area (Å²) >= 11 is 0. The number of nitrogens with zero attached hydrogens (tertiary/aromatic N) is 3. The van der Waals surface area contributed by atoms with Crippen LogP contribution in [0.3, 0.4) is 0 Å². The molecule has 1 unspecified atom stereocenters. The fourth-order valence-electron chi connectivity index (χ4n) is 2.32. The van der Waals surface area contributed by atoms with Crippen LogP contribution >= 0.6 is 0 Å². The lowest BCUT2D eigenvalue weighted by Crippen LogP contribution is -2.14. The monoisotopic (exact) mass is 238 g/mol. The maximum Gasteiger partial charge on any atom is 0.100 e. The van der Waals surface area contributed by atoms with Crippen LogP contribution < -0.4 is 5.32 Å². The van der Waals surface area contributed by atoms with Crippen LogP contribution in [0.15, 0.2) is 0 Å². The van der Waals surface area contributed by atoms with Crippen LogP contribution in [0.1, 0.15) is 43.5 Å². The Balaban J connectivity index is 2.18. The van der Waals surface area contributed by atoms with E-state index in [9.17, 15) is 0 Å². The van der Waals surface area contributed by atoms with E-state index in [1.54, 1.807) is 0 Å². The van der Waals surface area contributed by atoms with Crippen molar-refractivity contribution in [3.05, 3.63) is 11.4 Å². The van der Waals surface area contributed by atoms with E-state index < -0.39 is 0 Å². The third-order valence-corrected chi connectivity index (χ3v) is 3.23. The van der Waals surface area contributed by atoms with Gasteiger partial charge in [0, 0.05) is 25.6 Å². The van der Waals surface area contributed by atoms with Crippen LogP contribution in [-0.4, -0.2) is 35.3 Å². The van der Waals surface area contributed by atoms with Gasteiger partial charge in [0.05, 0.1) is 12.3 Å². The number of aryl methyl sites for hydroxylation is 1. The normalized spacial score (nSPS) is 20.0. The Morgan fingerprint density at radius 1 is 1.53 bits per heavy atom. The van der Waals surface area contributed by atoms with Gasteiger partial charge in [0.15, 0.2) is 0 Å². The SMILES string of the molecule is CCCCn1nnc(CNC)c1C1CCOC1. The number of rotatable bonds is 6. The second-order valence-electron chi connectivity index (χ2n) is 4.59. The number of hydrogen-bond donors (Lipinski definition) is 1. The molecule has 2 rings (SSSR count). The van der Waals surface area contributed by atoms with E-state index in [0.717, 1.165) is 44.8 Å². The van der Waals surface area contributed by atoms with Gasteiger partial charge in [-0.25, -0.2) is 4.68 Å². The largest absolute Gasteiger partial charge is 0.381 e. The Bertz CT molecular complexity index is 344. The summed E-state index contributed by atoms with van der Waals surface area (Å²) in [6.07, 6.45) is 3.43. The Labute approximate surface area is 103 Å². The lowest BCUT2D eigenvalue weighted by Gasteiger charge is -2.12. The minimum atomic E-state index is 0.477. The van der Waals surface area contributed by atoms with Crippen LogP contribution in [0.5, 0.6) is 0 Å². The molecule has 1 aliphatic heterocycles. The van der Waals surface area contributed by atoms with Crippen molar-refractivity contribution in [2.75, 3.05) is 20.3 Å². The maximum absolute atomic E-state index is 5.48. The molecule has 5 heteroatoms. The van der Waals surface area contributed by atoms with E-state index in [2.05, 4.69) is 27.2 Å². The average molecular weight is 238 g/mol. The van der Waals surface area contributed by atoms with Gasteiger partial charge < -0.3 is 10.1 Å². The summed E-state index contributed by atoms with van der Waals surface area (Å²) in [4.78, 5) is 0. The molecular weight excluding hydrogens is 216 g/mol. The topological polar surface area (TPSA) is 52.0 Å². The molecule has 1 fully saturated rings. The number of ether oxygens (including phenoxy) is 1. The lowest BCUT2D eigenvalue weighted by atomic mass is 10.0. The van der Waals surface area contributed by atoms with Gasteiger partial charge in [-0.3, -0.25) is 0 Å². The highest BCUT2D eigenvalue weighted by Crippen LogP contribution is 2.27. The molecule has 96 valence electrons. The van der Waals surface area contributed by atoms with Crippen LogP contribution in [-0.2, 0) is 17.8 Å². The van der Waals surface area contributed by atoms with Crippen LogP contribution in [0, 0.1) is 0 Å². The molecule has 1 aromatic rings. The van der Waals surface area contributed by atoms with Crippen molar-refractivity contribution in [3.8, 4) is 0 Å². The molecule has 0 aromatic carbocycles. The minimum absolute atomic E-state index is 0.477. The average Bonchev–Trinajstić information content (AvgIpc) is 2.95.